The molecule has 0 aromatic heterocycles. The molecule has 1 heterocycles. The van der Waals surface area contributed by atoms with Crippen molar-refractivity contribution in [3.63, 3.8) is 0 Å². The smallest absolute Gasteiger partial charge is 0.326 e. The van der Waals surface area contributed by atoms with Gasteiger partial charge in [0.25, 0.3) is 0 Å². The molecule has 1 rings (SSSR count). The standard InChI is InChI=1S/C11H20N2O3/c1-8(5-6-12)10(14)13-7-3-2-4-9(13)11(15)16/h8-9H,2-7,12H2,1H3,(H,15,16). The van der Waals surface area contributed by atoms with Crippen LogP contribution in [0.2, 0.25) is 0 Å². The highest BCUT2D eigenvalue weighted by atomic mass is 16.4. The number of carbonyl (C=O) groups is 2. The molecule has 1 saturated heterocycles. The molecule has 2 atom stereocenters. The molecule has 5 heteroatoms. The molecule has 0 bridgehead atoms. The van der Waals surface area contributed by atoms with Crippen molar-refractivity contribution in [2.24, 2.45) is 11.7 Å². The van der Waals surface area contributed by atoms with E-state index in [1.165, 1.54) is 4.90 Å². The molecule has 1 fully saturated rings. The molecule has 5 nitrogen and oxygen atoms in total. The Morgan fingerprint density at radius 3 is 2.75 bits per heavy atom. The molecule has 0 aliphatic carbocycles. The average Bonchev–Trinajstić information content (AvgIpc) is 2.28. The average molecular weight is 228 g/mol. The van der Waals surface area contributed by atoms with Gasteiger partial charge < -0.3 is 15.7 Å². The maximum absolute atomic E-state index is 12.0. The lowest BCUT2D eigenvalue weighted by Crippen LogP contribution is -2.49. The summed E-state index contributed by atoms with van der Waals surface area (Å²) < 4.78 is 0. The first kappa shape index (κ1) is 13.0. The molecule has 2 unspecified atom stereocenters. The molecule has 1 aliphatic rings. The van der Waals surface area contributed by atoms with Gasteiger partial charge >= 0.3 is 5.97 Å². The second-order valence-electron chi connectivity index (χ2n) is 4.36. The fourth-order valence-corrected chi connectivity index (χ4v) is 2.11. The second-order valence-corrected chi connectivity index (χ2v) is 4.36. The van der Waals surface area contributed by atoms with E-state index >= 15 is 0 Å². The van der Waals surface area contributed by atoms with Crippen molar-refractivity contribution in [2.45, 2.75) is 38.6 Å². The van der Waals surface area contributed by atoms with E-state index in [2.05, 4.69) is 0 Å². The van der Waals surface area contributed by atoms with Crippen LogP contribution >= 0.6 is 0 Å². The third kappa shape index (κ3) is 2.95. The van der Waals surface area contributed by atoms with E-state index in [-0.39, 0.29) is 11.8 Å². The number of amides is 1. The third-order valence-corrected chi connectivity index (χ3v) is 3.09. The number of carbonyl (C=O) groups excluding carboxylic acids is 1. The van der Waals surface area contributed by atoms with Gasteiger partial charge in [-0.25, -0.2) is 4.79 Å². The van der Waals surface area contributed by atoms with Crippen molar-refractivity contribution in [1.29, 1.82) is 0 Å². The van der Waals surface area contributed by atoms with Crippen molar-refractivity contribution in [3.8, 4) is 0 Å². The van der Waals surface area contributed by atoms with Crippen LogP contribution in [0, 0.1) is 5.92 Å². The van der Waals surface area contributed by atoms with Gasteiger partial charge in [0.05, 0.1) is 0 Å². The van der Waals surface area contributed by atoms with Crippen LogP contribution in [0.25, 0.3) is 0 Å². The Bertz CT molecular complexity index is 268. The second kappa shape index (κ2) is 5.84. The Balaban J connectivity index is 2.67. The van der Waals surface area contributed by atoms with Gasteiger partial charge in [-0.05, 0) is 32.2 Å². The minimum absolute atomic E-state index is 0.0717. The van der Waals surface area contributed by atoms with Gasteiger partial charge in [-0.15, -0.1) is 0 Å². The molecular weight excluding hydrogens is 208 g/mol. The number of nitrogens with two attached hydrogens (primary N) is 1. The summed E-state index contributed by atoms with van der Waals surface area (Å²) in [7, 11) is 0. The van der Waals surface area contributed by atoms with Crippen molar-refractivity contribution in [2.75, 3.05) is 13.1 Å². The lowest BCUT2D eigenvalue weighted by atomic mass is 9.98. The molecule has 0 aromatic rings. The number of hydrogen-bond donors (Lipinski definition) is 2. The Hall–Kier alpha value is -1.10. The normalized spacial score (nSPS) is 22.9. The third-order valence-electron chi connectivity index (χ3n) is 3.09. The number of rotatable bonds is 4. The van der Waals surface area contributed by atoms with Crippen LogP contribution in [0.3, 0.4) is 0 Å². The number of aliphatic carboxylic acids is 1. The van der Waals surface area contributed by atoms with Gasteiger partial charge in [0.2, 0.25) is 5.91 Å². The Kier molecular flexibility index (Phi) is 4.73. The van der Waals surface area contributed by atoms with E-state index in [9.17, 15) is 9.59 Å². The first-order valence-electron chi connectivity index (χ1n) is 5.81. The van der Waals surface area contributed by atoms with Crippen LogP contribution in [-0.2, 0) is 9.59 Å². The highest BCUT2D eigenvalue weighted by Gasteiger charge is 2.33. The number of carboxylic acids is 1. The summed E-state index contributed by atoms with van der Waals surface area (Å²) in [5.41, 5.74) is 5.40. The lowest BCUT2D eigenvalue weighted by molar-refractivity contribution is -0.153. The van der Waals surface area contributed by atoms with Crippen LogP contribution in [0.1, 0.15) is 32.6 Å². The Labute approximate surface area is 95.6 Å². The number of hydrogen-bond acceptors (Lipinski definition) is 3. The molecule has 1 aliphatic heterocycles. The van der Waals surface area contributed by atoms with E-state index in [0.29, 0.717) is 25.9 Å². The summed E-state index contributed by atoms with van der Waals surface area (Å²) in [6, 6.07) is -0.638. The lowest BCUT2D eigenvalue weighted by Gasteiger charge is -2.34. The molecular formula is C11H20N2O3. The summed E-state index contributed by atoms with van der Waals surface area (Å²) in [5.74, 6) is -1.14. The predicted molar refractivity (Wildman–Crippen MR) is 59.8 cm³/mol. The summed E-state index contributed by atoms with van der Waals surface area (Å²) >= 11 is 0. The summed E-state index contributed by atoms with van der Waals surface area (Å²) in [4.78, 5) is 24.5. The summed E-state index contributed by atoms with van der Waals surface area (Å²) in [6.07, 6.45) is 2.95. The van der Waals surface area contributed by atoms with Crippen LogP contribution < -0.4 is 5.73 Å². The first-order chi connectivity index (χ1) is 7.57. The SMILES string of the molecule is CC(CCN)C(=O)N1CCCCC1C(=O)O. The van der Waals surface area contributed by atoms with Gasteiger partial charge in [0.15, 0.2) is 0 Å². The zero-order valence-electron chi connectivity index (χ0n) is 9.69. The van der Waals surface area contributed by atoms with Gasteiger partial charge in [-0.2, -0.15) is 0 Å². The van der Waals surface area contributed by atoms with E-state index < -0.39 is 12.0 Å². The summed E-state index contributed by atoms with van der Waals surface area (Å²) in [6.45, 7) is 2.83. The van der Waals surface area contributed by atoms with Crippen LogP contribution in [0.15, 0.2) is 0 Å². The topological polar surface area (TPSA) is 83.6 Å². The Morgan fingerprint density at radius 1 is 1.50 bits per heavy atom. The highest BCUT2D eigenvalue weighted by Crippen LogP contribution is 2.20. The van der Waals surface area contributed by atoms with Crippen LogP contribution in [0.5, 0.6) is 0 Å². The molecule has 16 heavy (non-hydrogen) atoms. The summed E-state index contributed by atoms with van der Waals surface area (Å²) in [5, 5.41) is 9.05. The van der Waals surface area contributed by atoms with Crippen molar-refractivity contribution < 1.29 is 14.7 Å². The van der Waals surface area contributed by atoms with Crippen molar-refractivity contribution in [3.05, 3.63) is 0 Å². The molecule has 0 spiro atoms. The molecule has 0 radical (unpaired) electrons. The number of piperidine rings is 1. The predicted octanol–water partition coefficient (Wildman–Crippen LogP) is 0.437. The number of carboxylic acid groups (broad SMARTS) is 1. The number of likely N-dealkylation sites (tertiary alicyclic amines) is 1. The van der Waals surface area contributed by atoms with E-state index in [0.717, 1.165) is 12.8 Å². The van der Waals surface area contributed by atoms with E-state index in [4.69, 9.17) is 10.8 Å². The molecule has 3 N–H and O–H groups in total. The Morgan fingerprint density at radius 2 is 2.19 bits per heavy atom. The molecule has 0 aromatic carbocycles. The van der Waals surface area contributed by atoms with E-state index in [1.54, 1.807) is 0 Å². The van der Waals surface area contributed by atoms with Crippen LogP contribution in [-0.4, -0.2) is 41.0 Å². The van der Waals surface area contributed by atoms with Crippen molar-refractivity contribution >= 4 is 11.9 Å². The minimum Gasteiger partial charge on any atom is -0.480 e. The van der Waals surface area contributed by atoms with Crippen LogP contribution in [0.4, 0.5) is 0 Å². The number of nitrogens with zero attached hydrogens (tertiary/aromatic N) is 1. The maximum atomic E-state index is 12.0. The van der Waals surface area contributed by atoms with Gasteiger partial charge in [0.1, 0.15) is 6.04 Å². The van der Waals surface area contributed by atoms with Gasteiger partial charge in [-0.3, -0.25) is 4.79 Å². The fourth-order valence-electron chi connectivity index (χ4n) is 2.11. The zero-order valence-corrected chi connectivity index (χ0v) is 9.69. The largest absolute Gasteiger partial charge is 0.480 e. The van der Waals surface area contributed by atoms with Crippen molar-refractivity contribution in [1.82, 2.24) is 4.90 Å². The molecule has 1 amide bonds. The van der Waals surface area contributed by atoms with E-state index in [1.807, 2.05) is 6.92 Å². The minimum atomic E-state index is -0.895. The molecule has 0 saturated carbocycles. The van der Waals surface area contributed by atoms with Gasteiger partial charge in [0, 0.05) is 12.5 Å². The monoisotopic (exact) mass is 228 g/mol. The fraction of sp³-hybridized carbons (Fsp3) is 0.818. The quantitative estimate of drug-likeness (QED) is 0.731. The van der Waals surface area contributed by atoms with Gasteiger partial charge in [-0.1, -0.05) is 6.92 Å². The maximum Gasteiger partial charge on any atom is 0.326 e. The first-order valence-corrected chi connectivity index (χ1v) is 5.81. The molecule has 92 valence electrons. The highest BCUT2D eigenvalue weighted by molar-refractivity contribution is 5.85. The zero-order chi connectivity index (χ0) is 12.1.